The molecular formula is C14H17F3O2SSe. The molecule has 1 aromatic carbocycles. The molecule has 0 aromatic heterocycles. The number of alkyl halides is 3. The third-order valence-corrected chi connectivity index (χ3v) is 8.73. The fourth-order valence-electron chi connectivity index (χ4n) is 2.63. The Kier molecular flexibility index (Phi) is 5.06. The Labute approximate surface area is 129 Å². The molecule has 1 saturated carbocycles. The molecule has 0 bridgehead atoms. The fraction of sp³-hybridized carbons (Fsp3) is 0.571. The number of hydrogen-bond acceptors (Lipinski definition) is 2. The van der Waals surface area contributed by atoms with E-state index in [-0.39, 0.29) is 4.90 Å². The summed E-state index contributed by atoms with van der Waals surface area (Å²) >= 11 is -1.64. The molecule has 0 aliphatic heterocycles. The van der Waals surface area contributed by atoms with Gasteiger partial charge in [-0.3, -0.25) is 0 Å². The quantitative estimate of drug-likeness (QED) is 0.744. The van der Waals surface area contributed by atoms with Gasteiger partial charge in [-0.25, -0.2) is 0 Å². The van der Waals surface area contributed by atoms with E-state index in [4.69, 9.17) is 0 Å². The van der Waals surface area contributed by atoms with Crippen LogP contribution in [0.15, 0.2) is 29.2 Å². The van der Waals surface area contributed by atoms with Crippen LogP contribution in [0, 0.1) is 6.92 Å². The van der Waals surface area contributed by atoms with E-state index in [1.165, 1.54) is 12.1 Å². The molecule has 7 heteroatoms. The Hall–Kier alpha value is -0.521. The minimum atomic E-state index is -4.25. The van der Waals surface area contributed by atoms with Crippen LogP contribution < -0.4 is 0 Å². The molecule has 1 aromatic rings. The summed E-state index contributed by atoms with van der Waals surface area (Å²) in [5.41, 5.74) is 0.925. The minimum absolute atomic E-state index is 0.142. The van der Waals surface area contributed by atoms with Crippen LogP contribution in [0.4, 0.5) is 13.2 Å². The Bertz CT molecular complexity index is 581. The zero-order valence-electron chi connectivity index (χ0n) is 11.6. The zero-order chi connectivity index (χ0) is 15.7. The average molecular weight is 385 g/mol. The van der Waals surface area contributed by atoms with Gasteiger partial charge in [-0.2, -0.15) is 0 Å². The number of halogens is 3. The van der Waals surface area contributed by atoms with Gasteiger partial charge >= 0.3 is 129 Å². The molecule has 0 spiro atoms. The zero-order valence-corrected chi connectivity index (χ0v) is 14.1. The van der Waals surface area contributed by atoms with Crippen LogP contribution in [0.25, 0.3) is 0 Å². The van der Waals surface area contributed by atoms with Gasteiger partial charge in [0.15, 0.2) is 0 Å². The summed E-state index contributed by atoms with van der Waals surface area (Å²) in [6.45, 7) is 1.84. The van der Waals surface area contributed by atoms with Crippen LogP contribution in [-0.4, -0.2) is 33.7 Å². The average Bonchev–Trinajstić information content (AvgIpc) is 2.37. The van der Waals surface area contributed by atoms with E-state index in [0.29, 0.717) is 25.7 Å². The Morgan fingerprint density at radius 3 is 2.24 bits per heavy atom. The number of sulfone groups is 1. The predicted octanol–water partition coefficient (Wildman–Crippen LogP) is 3.72. The molecule has 0 N–H and O–H groups in total. The van der Waals surface area contributed by atoms with Gasteiger partial charge in [-0.15, -0.1) is 0 Å². The second-order valence-corrected chi connectivity index (χ2v) is 10.2. The van der Waals surface area contributed by atoms with Crippen LogP contribution in [0.5, 0.6) is 0 Å². The standard InChI is InChI=1S/C14H17F3O2SSe/c1-10-6-8-11(9-7-10)20(18,19)12-4-2-3-5-13(12)21-14(15,16)17/h6-9,12-13H,2-5H2,1H3/t12-,13-/m1/s1. The second kappa shape index (κ2) is 6.31. The normalized spacial score (nSPS) is 24.0. The van der Waals surface area contributed by atoms with Crippen molar-refractivity contribution in [2.24, 2.45) is 0 Å². The predicted molar refractivity (Wildman–Crippen MR) is 76.2 cm³/mol. The van der Waals surface area contributed by atoms with Gasteiger partial charge in [0.05, 0.1) is 0 Å². The first-order valence-electron chi connectivity index (χ1n) is 6.75. The molecule has 0 amide bonds. The Morgan fingerprint density at radius 1 is 1.10 bits per heavy atom. The molecule has 2 atom stereocenters. The Balaban J connectivity index is 2.29. The van der Waals surface area contributed by atoms with E-state index in [9.17, 15) is 21.6 Å². The molecule has 1 aliphatic carbocycles. The van der Waals surface area contributed by atoms with Gasteiger partial charge in [0.1, 0.15) is 0 Å². The van der Waals surface area contributed by atoms with Crippen molar-refractivity contribution in [1.29, 1.82) is 0 Å². The molecule has 1 aliphatic rings. The maximum atomic E-state index is 12.7. The van der Waals surface area contributed by atoms with Gasteiger partial charge in [0.25, 0.3) is 0 Å². The van der Waals surface area contributed by atoms with E-state index < -0.39 is 39.9 Å². The summed E-state index contributed by atoms with van der Waals surface area (Å²) in [5.74, 6) is 0. The van der Waals surface area contributed by atoms with E-state index >= 15 is 0 Å². The van der Waals surface area contributed by atoms with Gasteiger partial charge in [0.2, 0.25) is 0 Å². The van der Waals surface area contributed by atoms with Crippen LogP contribution >= 0.6 is 0 Å². The summed E-state index contributed by atoms with van der Waals surface area (Å²) in [7, 11) is -3.68. The summed E-state index contributed by atoms with van der Waals surface area (Å²) in [6, 6.07) is 6.35. The molecule has 0 radical (unpaired) electrons. The van der Waals surface area contributed by atoms with E-state index in [1.54, 1.807) is 12.1 Å². The van der Waals surface area contributed by atoms with Crippen LogP contribution in [0.2, 0.25) is 4.82 Å². The van der Waals surface area contributed by atoms with Gasteiger partial charge in [-0.1, -0.05) is 0 Å². The van der Waals surface area contributed by atoms with Crippen LogP contribution in [0.1, 0.15) is 31.2 Å². The number of aryl methyl sites for hydroxylation is 1. The topological polar surface area (TPSA) is 34.1 Å². The molecule has 0 unspecified atom stereocenters. The molecule has 2 rings (SSSR count). The number of rotatable bonds is 3. The maximum absolute atomic E-state index is 12.7. The van der Waals surface area contributed by atoms with Gasteiger partial charge in [-0.05, 0) is 0 Å². The SMILES string of the molecule is Cc1ccc(S(=O)(=O)[C@@H]2CCCC[C@H]2[Se]C(F)(F)F)cc1. The van der Waals surface area contributed by atoms with Crippen LogP contribution in [-0.2, 0) is 9.84 Å². The van der Waals surface area contributed by atoms with Crippen LogP contribution in [0.3, 0.4) is 0 Å². The van der Waals surface area contributed by atoms with Crippen molar-refractivity contribution in [3.8, 4) is 0 Å². The molecule has 21 heavy (non-hydrogen) atoms. The molecule has 1 fully saturated rings. The van der Waals surface area contributed by atoms with E-state index in [1.807, 2.05) is 6.92 Å². The second-order valence-electron chi connectivity index (χ2n) is 5.28. The van der Waals surface area contributed by atoms with E-state index in [2.05, 4.69) is 0 Å². The van der Waals surface area contributed by atoms with Crippen molar-refractivity contribution in [3.63, 3.8) is 0 Å². The summed E-state index contributed by atoms with van der Waals surface area (Å²) in [6.07, 6.45) is 2.05. The number of hydrogen-bond donors (Lipinski definition) is 0. The first kappa shape index (κ1) is 16.8. The van der Waals surface area contributed by atoms with Crippen molar-refractivity contribution in [3.05, 3.63) is 29.8 Å². The Morgan fingerprint density at radius 2 is 1.67 bits per heavy atom. The first-order valence-corrected chi connectivity index (χ1v) is 10.1. The molecule has 118 valence electrons. The molecule has 0 heterocycles. The molecular weight excluding hydrogens is 368 g/mol. The fourth-order valence-corrected chi connectivity index (χ4v) is 7.64. The number of benzene rings is 1. The van der Waals surface area contributed by atoms with Crippen molar-refractivity contribution < 1.29 is 21.6 Å². The third kappa shape index (κ3) is 4.24. The summed E-state index contributed by atoms with van der Waals surface area (Å²) in [5, 5.41) is -5.15. The van der Waals surface area contributed by atoms with Crippen molar-refractivity contribution in [1.82, 2.24) is 0 Å². The van der Waals surface area contributed by atoms with Gasteiger partial charge < -0.3 is 0 Å². The van der Waals surface area contributed by atoms with E-state index in [0.717, 1.165) is 5.56 Å². The third-order valence-electron chi connectivity index (χ3n) is 3.68. The van der Waals surface area contributed by atoms with Crippen molar-refractivity contribution in [2.45, 2.75) is 52.6 Å². The monoisotopic (exact) mass is 386 g/mol. The molecule has 2 nitrogen and oxygen atoms in total. The van der Waals surface area contributed by atoms with Gasteiger partial charge in [0, 0.05) is 0 Å². The van der Waals surface area contributed by atoms with Crippen molar-refractivity contribution in [2.75, 3.05) is 0 Å². The van der Waals surface area contributed by atoms with Crippen molar-refractivity contribution >= 4 is 24.8 Å². The summed E-state index contributed by atoms with van der Waals surface area (Å²) < 4.78 is 63.3. The first-order chi connectivity index (χ1) is 9.70. The molecule has 0 saturated heterocycles. The summed E-state index contributed by atoms with van der Waals surface area (Å²) in [4.78, 5) is -0.625.